The molecule has 0 aliphatic carbocycles. The van der Waals surface area contributed by atoms with Crippen molar-refractivity contribution in [3.05, 3.63) is 35.1 Å². The van der Waals surface area contributed by atoms with E-state index in [1.165, 1.54) is 6.07 Å². The summed E-state index contributed by atoms with van der Waals surface area (Å²) in [5, 5.41) is 9.42. The first kappa shape index (κ1) is 13.0. The summed E-state index contributed by atoms with van der Waals surface area (Å²) in [5.41, 5.74) is 6.55. The van der Waals surface area contributed by atoms with Crippen LogP contribution in [0.4, 0.5) is 4.39 Å². The maximum absolute atomic E-state index is 13.8. The standard InChI is InChI=1S/C14H17FN2O/c15-14-8-11(2-1-6-16)3-4-12(14)9-17-7-5-13(18)10-17/h3-4,8,13,18H,5-7,9-10,16H2. The number of aliphatic hydroxyl groups excluding tert-OH is 1. The van der Waals surface area contributed by atoms with Gasteiger partial charge in [0.1, 0.15) is 5.82 Å². The van der Waals surface area contributed by atoms with Crippen LogP contribution in [0, 0.1) is 17.7 Å². The van der Waals surface area contributed by atoms with Crippen molar-refractivity contribution in [2.45, 2.75) is 19.1 Å². The quantitative estimate of drug-likeness (QED) is 0.758. The summed E-state index contributed by atoms with van der Waals surface area (Å²) < 4.78 is 13.8. The van der Waals surface area contributed by atoms with Crippen LogP contribution in [0.2, 0.25) is 0 Å². The Morgan fingerprint density at radius 3 is 2.94 bits per heavy atom. The van der Waals surface area contributed by atoms with Crippen molar-refractivity contribution in [3.8, 4) is 11.8 Å². The molecule has 1 aromatic carbocycles. The minimum Gasteiger partial charge on any atom is -0.392 e. The predicted octanol–water partition coefficient (Wildman–Crippen LogP) is 0.702. The van der Waals surface area contributed by atoms with Crippen LogP contribution in [0.5, 0.6) is 0 Å². The van der Waals surface area contributed by atoms with Gasteiger partial charge in [-0.1, -0.05) is 17.9 Å². The Balaban J connectivity index is 2.05. The van der Waals surface area contributed by atoms with Crippen LogP contribution in [-0.4, -0.2) is 35.7 Å². The van der Waals surface area contributed by atoms with Gasteiger partial charge in [-0.05, 0) is 18.6 Å². The highest BCUT2D eigenvalue weighted by molar-refractivity contribution is 5.37. The summed E-state index contributed by atoms with van der Waals surface area (Å²) in [6.45, 7) is 2.24. The molecule has 0 saturated carbocycles. The summed E-state index contributed by atoms with van der Waals surface area (Å²) in [6.07, 6.45) is 0.490. The Kier molecular flexibility index (Phi) is 4.32. The second-order valence-corrected chi connectivity index (χ2v) is 4.49. The highest BCUT2D eigenvalue weighted by Crippen LogP contribution is 2.16. The van der Waals surface area contributed by atoms with Crippen LogP contribution in [0.25, 0.3) is 0 Å². The van der Waals surface area contributed by atoms with Gasteiger partial charge >= 0.3 is 0 Å². The normalized spacial score (nSPS) is 19.6. The fourth-order valence-electron chi connectivity index (χ4n) is 2.10. The highest BCUT2D eigenvalue weighted by Gasteiger charge is 2.20. The molecule has 1 unspecified atom stereocenters. The van der Waals surface area contributed by atoms with Crippen LogP contribution >= 0.6 is 0 Å². The van der Waals surface area contributed by atoms with Crippen LogP contribution in [0.3, 0.4) is 0 Å². The zero-order valence-corrected chi connectivity index (χ0v) is 10.2. The molecule has 1 heterocycles. The summed E-state index contributed by atoms with van der Waals surface area (Å²) in [5.74, 6) is 5.25. The van der Waals surface area contributed by atoms with Gasteiger partial charge in [-0.15, -0.1) is 0 Å². The summed E-state index contributed by atoms with van der Waals surface area (Å²) in [4.78, 5) is 2.05. The van der Waals surface area contributed by atoms with Crippen LogP contribution in [0.15, 0.2) is 18.2 Å². The molecular weight excluding hydrogens is 231 g/mol. The zero-order chi connectivity index (χ0) is 13.0. The molecular formula is C14H17FN2O. The number of likely N-dealkylation sites (tertiary alicyclic amines) is 1. The van der Waals surface area contributed by atoms with Gasteiger partial charge in [-0.2, -0.15) is 0 Å². The second-order valence-electron chi connectivity index (χ2n) is 4.49. The number of rotatable bonds is 2. The van der Waals surface area contributed by atoms with Crippen molar-refractivity contribution in [2.75, 3.05) is 19.6 Å². The molecule has 2 rings (SSSR count). The van der Waals surface area contributed by atoms with Crippen molar-refractivity contribution in [3.63, 3.8) is 0 Å². The van der Waals surface area contributed by atoms with E-state index in [1.807, 2.05) is 4.90 Å². The Morgan fingerprint density at radius 2 is 2.33 bits per heavy atom. The molecule has 96 valence electrons. The largest absolute Gasteiger partial charge is 0.392 e. The third kappa shape index (κ3) is 3.30. The zero-order valence-electron chi connectivity index (χ0n) is 10.2. The van der Waals surface area contributed by atoms with Gasteiger partial charge in [0.15, 0.2) is 0 Å². The number of benzene rings is 1. The molecule has 3 nitrogen and oxygen atoms in total. The van der Waals surface area contributed by atoms with Crippen molar-refractivity contribution < 1.29 is 9.50 Å². The lowest BCUT2D eigenvalue weighted by Crippen LogP contribution is -2.22. The molecule has 1 aliphatic rings. The number of nitrogens with zero attached hydrogens (tertiary/aromatic N) is 1. The Hall–Kier alpha value is -1.41. The van der Waals surface area contributed by atoms with Crippen LogP contribution < -0.4 is 5.73 Å². The van der Waals surface area contributed by atoms with E-state index in [0.717, 1.165) is 13.0 Å². The number of hydrogen-bond donors (Lipinski definition) is 2. The Labute approximate surface area is 106 Å². The van der Waals surface area contributed by atoms with Crippen LogP contribution in [0.1, 0.15) is 17.5 Å². The third-order valence-electron chi connectivity index (χ3n) is 3.03. The van der Waals surface area contributed by atoms with Crippen LogP contribution in [-0.2, 0) is 6.54 Å². The number of nitrogens with two attached hydrogens (primary N) is 1. The average molecular weight is 248 g/mol. The fraction of sp³-hybridized carbons (Fsp3) is 0.429. The van der Waals surface area contributed by atoms with E-state index in [-0.39, 0.29) is 18.5 Å². The molecule has 3 N–H and O–H groups in total. The maximum Gasteiger partial charge on any atom is 0.128 e. The van der Waals surface area contributed by atoms with Gasteiger partial charge in [0.2, 0.25) is 0 Å². The van der Waals surface area contributed by atoms with Gasteiger partial charge < -0.3 is 10.8 Å². The topological polar surface area (TPSA) is 49.5 Å². The lowest BCUT2D eigenvalue weighted by atomic mass is 10.1. The van der Waals surface area contributed by atoms with E-state index >= 15 is 0 Å². The number of β-amino-alcohol motifs (C(OH)–C–C–N with tert-alkyl or cyclic N) is 1. The van der Waals surface area contributed by atoms with E-state index in [1.54, 1.807) is 12.1 Å². The first-order valence-corrected chi connectivity index (χ1v) is 6.07. The molecule has 0 radical (unpaired) electrons. The fourth-order valence-corrected chi connectivity index (χ4v) is 2.10. The van der Waals surface area contributed by atoms with Gasteiger partial charge in [0, 0.05) is 30.8 Å². The lowest BCUT2D eigenvalue weighted by Gasteiger charge is -2.15. The smallest absolute Gasteiger partial charge is 0.128 e. The molecule has 0 bridgehead atoms. The number of hydrogen-bond acceptors (Lipinski definition) is 3. The summed E-state index contributed by atoms with van der Waals surface area (Å²) >= 11 is 0. The van der Waals surface area contributed by atoms with E-state index in [4.69, 9.17) is 5.73 Å². The van der Waals surface area contributed by atoms with Crippen molar-refractivity contribution >= 4 is 0 Å². The molecule has 0 spiro atoms. The number of aliphatic hydroxyl groups is 1. The average Bonchev–Trinajstić information content (AvgIpc) is 2.75. The Bertz CT molecular complexity index is 478. The van der Waals surface area contributed by atoms with E-state index < -0.39 is 0 Å². The van der Waals surface area contributed by atoms with Gasteiger partial charge in [-0.25, -0.2) is 4.39 Å². The minimum atomic E-state index is -0.275. The SMILES string of the molecule is NCC#Cc1ccc(CN2CCC(O)C2)c(F)c1. The number of halogens is 1. The molecule has 0 amide bonds. The van der Waals surface area contributed by atoms with Gasteiger partial charge in [-0.3, -0.25) is 4.90 Å². The molecule has 1 aromatic rings. The third-order valence-corrected chi connectivity index (χ3v) is 3.03. The summed E-state index contributed by atoms with van der Waals surface area (Å²) in [6, 6.07) is 4.98. The first-order chi connectivity index (χ1) is 8.69. The molecule has 1 saturated heterocycles. The Morgan fingerprint density at radius 1 is 1.50 bits per heavy atom. The van der Waals surface area contributed by atoms with E-state index in [2.05, 4.69) is 11.8 Å². The maximum atomic E-state index is 13.8. The van der Waals surface area contributed by atoms with E-state index in [9.17, 15) is 9.50 Å². The molecule has 1 fully saturated rings. The van der Waals surface area contributed by atoms with Crippen molar-refractivity contribution in [2.24, 2.45) is 5.73 Å². The first-order valence-electron chi connectivity index (χ1n) is 6.07. The van der Waals surface area contributed by atoms with Crippen molar-refractivity contribution in [1.29, 1.82) is 0 Å². The van der Waals surface area contributed by atoms with Crippen molar-refractivity contribution in [1.82, 2.24) is 4.90 Å². The predicted molar refractivity (Wildman–Crippen MR) is 68.2 cm³/mol. The molecule has 18 heavy (non-hydrogen) atoms. The monoisotopic (exact) mass is 248 g/mol. The van der Waals surface area contributed by atoms with Gasteiger partial charge in [0.25, 0.3) is 0 Å². The minimum absolute atomic E-state index is 0.250. The molecule has 1 atom stereocenters. The lowest BCUT2D eigenvalue weighted by molar-refractivity contribution is 0.174. The van der Waals surface area contributed by atoms with Gasteiger partial charge in [0.05, 0.1) is 12.6 Å². The molecule has 0 aromatic heterocycles. The molecule has 4 heteroatoms. The molecule has 1 aliphatic heterocycles. The highest BCUT2D eigenvalue weighted by atomic mass is 19.1. The second kappa shape index (κ2) is 5.96. The summed E-state index contributed by atoms with van der Waals surface area (Å²) in [7, 11) is 0. The van der Waals surface area contributed by atoms with E-state index in [0.29, 0.717) is 24.2 Å².